The monoisotopic (exact) mass is 256 g/mol. The number of rotatable bonds is 10. The van der Waals surface area contributed by atoms with E-state index in [0.29, 0.717) is 25.3 Å². The first-order valence-corrected chi connectivity index (χ1v) is 6.37. The Labute approximate surface area is 108 Å². The molecule has 2 unspecified atom stereocenters. The zero-order valence-corrected chi connectivity index (χ0v) is 11.0. The minimum Gasteiger partial charge on any atom is -0.481 e. The first-order valence-electron chi connectivity index (χ1n) is 6.37. The number of aliphatic carboxylic acids is 1. The summed E-state index contributed by atoms with van der Waals surface area (Å²) in [6.07, 6.45) is 4.62. The molecule has 0 aliphatic carbocycles. The fourth-order valence-corrected chi connectivity index (χ4v) is 1.70. The third kappa shape index (κ3) is 7.84. The van der Waals surface area contributed by atoms with Crippen LogP contribution in [0.15, 0.2) is 12.7 Å². The molecule has 0 rings (SSSR count). The number of hydrogen-bond acceptors (Lipinski definition) is 3. The third-order valence-corrected chi connectivity index (χ3v) is 2.95. The summed E-state index contributed by atoms with van der Waals surface area (Å²) in [7, 11) is 0. The van der Waals surface area contributed by atoms with Crippen LogP contribution >= 0.6 is 0 Å². The zero-order valence-electron chi connectivity index (χ0n) is 11.0. The van der Waals surface area contributed by atoms with E-state index in [1.807, 2.05) is 6.92 Å². The minimum atomic E-state index is -0.773. The fourth-order valence-electron chi connectivity index (χ4n) is 1.70. The molecule has 0 radical (unpaired) electrons. The number of nitrogens with one attached hydrogen (secondary N) is 1. The number of carbonyl (C=O) groups excluding carboxylic acids is 1. The van der Waals surface area contributed by atoms with E-state index >= 15 is 0 Å². The molecule has 4 N–H and O–H groups in total. The van der Waals surface area contributed by atoms with Gasteiger partial charge in [0.2, 0.25) is 5.91 Å². The van der Waals surface area contributed by atoms with E-state index in [9.17, 15) is 9.59 Å². The Kier molecular flexibility index (Phi) is 8.92. The molecule has 0 aliphatic rings. The molecule has 0 fully saturated rings. The predicted octanol–water partition coefficient (Wildman–Crippen LogP) is 1.29. The van der Waals surface area contributed by atoms with Crippen molar-refractivity contribution in [3.8, 4) is 0 Å². The molecule has 0 spiro atoms. The molecule has 0 heterocycles. The van der Waals surface area contributed by atoms with Gasteiger partial charge < -0.3 is 16.2 Å². The van der Waals surface area contributed by atoms with Gasteiger partial charge in [-0.1, -0.05) is 19.4 Å². The summed E-state index contributed by atoms with van der Waals surface area (Å²) in [5.74, 6) is -0.620. The van der Waals surface area contributed by atoms with Crippen LogP contribution in [0.1, 0.15) is 39.0 Å². The lowest BCUT2D eigenvalue weighted by molar-refractivity contribution is -0.137. The summed E-state index contributed by atoms with van der Waals surface area (Å²) in [6, 6.07) is -0.540. The van der Waals surface area contributed by atoms with Crippen LogP contribution in [0.25, 0.3) is 0 Å². The Morgan fingerprint density at radius 3 is 2.61 bits per heavy atom. The van der Waals surface area contributed by atoms with Crippen LogP contribution in [-0.2, 0) is 9.59 Å². The topological polar surface area (TPSA) is 92.4 Å². The maximum absolute atomic E-state index is 11.5. The lowest BCUT2D eigenvalue weighted by atomic mass is 9.96. The normalized spacial score (nSPS) is 13.7. The van der Waals surface area contributed by atoms with Crippen LogP contribution < -0.4 is 11.1 Å². The van der Waals surface area contributed by atoms with E-state index in [-0.39, 0.29) is 12.3 Å². The maximum Gasteiger partial charge on any atom is 0.303 e. The van der Waals surface area contributed by atoms with Gasteiger partial charge in [0.1, 0.15) is 0 Å². The lowest BCUT2D eigenvalue weighted by Gasteiger charge is -2.15. The number of amides is 1. The van der Waals surface area contributed by atoms with Crippen LogP contribution in [0.5, 0.6) is 0 Å². The molecule has 104 valence electrons. The van der Waals surface area contributed by atoms with Crippen molar-refractivity contribution >= 4 is 11.9 Å². The number of nitrogens with two attached hydrogens (primary N) is 1. The molecule has 18 heavy (non-hydrogen) atoms. The average Bonchev–Trinajstić information content (AvgIpc) is 2.33. The highest BCUT2D eigenvalue weighted by Gasteiger charge is 2.13. The van der Waals surface area contributed by atoms with Gasteiger partial charge in [0.25, 0.3) is 0 Å². The largest absolute Gasteiger partial charge is 0.481 e. The zero-order chi connectivity index (χ0) is 14.0. The van der Waals surface area contributed by atoms with Gasteiger partial charge in [0.05, 0.1) is 6.04 Å². The average molecular weight is 256 g/mol. The van der Waals surface area contributed by atoms with Gasteiger partial charge in [-0.2, -0.15) is 0 Å². The fraction of sp³-hybridized carbons (Fsp3) is 0.692. The lowest BCUT2D eigenvalue weighted by Crippen LogP contribution is -2.40. The minimum absolute atomic E-state index is 0.178. The molecule has 5 heteroatoms. The molecule has 0 aromatic heterocycles. The second-order valence-electron chi connectivity index (χ2n) is 4.42. The van der Waals surface area contributed by atoms with Gasteiger partial charge in [0, 0.05) is 13.0 Å². The Balaban J connectivity index is 3.82. The van der Waals surface area contributed by atoms with E-state index in [1.54, 1.807) is 6.08 Å². The standard InChI is InChI=1S/C13H24N2O3/c1-3-5-11(14)13(18)15-9-8-10(4-2)6-7-12(16)17/h3,10-11H,1,4-9,14H2,2H3,(H,15,18)(H,16,17). The molecule has 2 atom stereocenters. The Hall–Kier alpha value is -1.36. The van der Waals surface area contributed by atoms with Gasteiger partial charge in [0.15, 0.2) is 0 Å². The Morgan fingerprint density at radius 1 is 1.44 bits per heavy atom. The summed E-state index contributed by atoms with van der Waals surface area (Å²) < 4.78 is 0. The summed E-state index contributed by atoms with van der Waals surface area (Å²) in [4.78, 5) is 22.0. The van der Waals surface area contributed by atoms with Crippen LogP contribution in [-0.4, -0.2) is 29.6 Å². The summed E-state index contributed by atoms with van der Waals surface area (Å²) in [6.45, 7) is 6.10. The Morgan fingerprint density at radius 2 is 2.11 bits per heavy atom. The van der Waals surface area contributed by atoms with Gasteiger partial charge in [-0.25, -0.2) is 0 Å². The number of carboxylic acid groups (broad SMARTS) is 1. The van der Waals surface area contributed by atoms with Gasteiger partial charge >= 0.3 is 5.97 Å². The van der Waals surface area contributed by atoms with Crippen molar-refractivity contribution in [2.75, 3.05) is 6.54 Å². The highest BCUT2D eigenvalue weighted by Crippen LogP contribution is 2.14. The van der Waals surface area contributed by atoms with E-state index in [4.69, 9.17) is 10.8 Å². The van der Waals surface area contributed by atoms with E-state index in [0.717, 1.165) is 12.8 Å². The van der Waals surface area contributed by atoms with Crippen molar-refractivity contribution in [3.63, 3.8) is 0 Å². The molecule has 0 aliphatic heterocycles. The van der Waals surface area contributed by atoms with Crippen LogP contribution in [0.4, 0.5) is 0 Å². The maximum atomic E-state index is 11.5. The van der Waals surface area contributed by atoms with Crippen molar-refractivity contribution in [2.45, 2.75) is 45.1 Å². The second-order valence-corrected chi connectivity index (χ2v) is 4.42. The smallest absolute Gasteiger partial charge is 0.303 e. The van der Waals surface area contributed by atoms with Gasteiger partial charge in [-0.15, -0.1) is 6.58 Å². The summed E-state index contributed by atoms with van der Waals surface area (Å²) in [5.41, 5.74) is 5.61. The Bertz CT molecular complexity index is 279. The van der Waals surface area contributed by atoms with Gasteiger partial charge in [-0.3, -0.25) is 9.59 Å². The quantitative estimate of drug-likeness (QED) is 0.513. The first-order chi connectivity index (χ1) is 8.51. The van der Waals surface area contributed by atoms with Crippen molar-refractivity contribution in [3.05, 3.63) is 12.7 Å². The molecule has 0 saturated carbocycles. The number of carbonyl (C=O) groups is 2. The highest BCUT2D eigenvalue weighted by molar-refractivity contribution is 5.81. The molecule has 0 bridgehead atoms. The summed E-state index contributed by atoms with van der Waals surface area (Å²) in [5, 5.41) is 11.4. The van der Waals surface area contributed by atoms with Crippen molar-refractivity contribution < 1.29 is 14.7 Å². The van der Waals surface area contributed by atoms with E-state index in [1.165, 1.54) is 0 Å². The molecule has 0 saturated heterocycles. The van der Waals surface area contributed by atoms with Crippen LogP contribution in [0.3, 0.4) is 0 Å². The SMILES string of the molecule is C=CCC(N)C(=O)NCCC(CC)CCC(=O)O. The third-order valence-electron chi connectivity index (χ3n) is 2.95. The highest BCUT2D eigenvalue weighted by atomic mass is 16.4. The van der Waals surface area contributed by atoms with E-state index < -0.39 is 12.0 Å². The van der Waals surface area contributed by atoms with Crippen molar-refractivity contribution in [2.24, 2.45) is 11.7 Å². The van der Waals surface area contributed by atoms with Crippen molar-refractivity contribution in [1.82, 2.24) is 5.32 Å². The molecule has 0 aromatic rings. The predicted molar refractivity (Wildman–Crippen MR) is 71.1 cm³/mol. The number of carboxylic acids is 1. The second kappa shape index (κ2) is 9.65. The van der Waals surface area contributed by atoms with Gasteiger partial charge in [-0.05, 0) is 25.2 Å². The number of hydrogen-bond donors (Lipinski definition) is 3. The molecule has 5 nitrogen and oxygen atoms in total. The van der Waals surface area contributed by atoms with Crippen LogP contribution in [0.2, 0.25) is 0 Å². The van der Waals surface area contributed by atoms with E-state index in [2.05, 4.69) is 11.9 Å². The summed E-state index contributed by atoms with van der Waals surface area (Å²) >= 11 is 0. The molecule has 0 aromatic carbocycles. The molecular weight excluding hydrogens is 232 g/mol. The molecular formula is C13H24N2O3. The van der Waals surface area contributed by atoms with Crippen LogP contribution in [0, 0.1) is 5.92 Å². The van der Waals surface area contributed by atoms with Crippen molar-refractivity contribution in [1.29, 1.82) is 0 Å². The first kappa shape index (κ1) is 16.6. The molecule has 1 amide bonds.